The van der Waals surface area contributed by atoms with Crippen molar-refractivity contribution in [2.45, 2.75) is 27.7 Å². The molecule has 0 heterocycles. The van der Waals surface area contributed by atoms with Crippen LogP contribution in [0.4, 0.5) is 0 Å². The first-order chi connectivity index (χ1) is 8.57. The number of ether oxygens (including phenoxy) is 2. The monoisotopic (exact) mass is 251 g/mol. The molecule has 18 heavy (non-hydrogen) atoms. The Balaban J connectivity index is 2.49. The van der Waals surface area contributed by atoms with Gasteiger partial charge in [-0.1, -0.05) is 26.8 Å². The Labute approximate surface area is 110 Å². The van der Waals surface area contributed by atoms with Gasteiger partial charge in [0.2, 0.25) is 0 Å². The summed E-state index contributed by atoms with van der Waals surface area (Å²) in [5.41, 5.74) is 0.123. The van der Waals surface area contributed by atoms with Crippen LogP contribution in [0, 0.1) is 5.41 Å². The summed E-state index contributed by atoms with van der Waals surface area (Å²) in [6.07, 6.45) is 0. The molecule has 1 aromatic rings. The number of rotatable bonds is 8. The number of hydrogen-bond acceptors (Lipinski definition) is 3. The second-order valence-corrected chi connectivity index (χ2v) is 5.14. The molecule has 0 aliphatic carbocycles. The molecule has 0 fully saturated rings. The van der Waals surface area contributed by atoms with Gasteiger partial charge in [0.15, 0.2) is 0 Å². The minimum Gasteiger partial charge on any atom is -0.494 e. The van der Waals surface area contributed by atoms with Crippen LogP contribution in [0.2, 0.25) is 0 Å². The van der Waals surface area contributed by atoms with Crippen LogP contribution in [0.3, 0.4) is 0 Å². The standard InChI is InChI=1S/C15H25NO2/c1-5-16-11-15(3,4)12-18-14-9-7-8-13(10-14)17-6-2/h7-10,16H,5-6,11-12H2,1-4H3. The smallest absolute Gasteiger partial charge is 0.123 e. The molecule has 0 bridgehead atoms. The molecule has 1 N–H and O–H groups in total. The van der Waals surface area contributed by atoms with Crippen molar-refractivity contribution in [1.82, 2.24) is 5.32 Å². The highest BCUT2D eigenvalue weighted by molar-refractivity contribution is 5.32. The van der Waals surface area contributed by atoms with Gasteiger partial charge in [-0.3, -0.25) is 0 Å². The second-order valence-electron chi connectivity index (χ2n) is 5.14. The molecule has 0 saturated heterocycles. The Hall–Kier alpha value is -1.22. The summed E-state index contributed by atoms with van der Waals surface area (Å²) >= 11 is 0. The van der Waals surface area contributed by atoms with Gasteiger partial charge >= 0.3 is 0 Å². The van der Waals surface area contributed by atoms with Crippen LogP contribution in [0.25, 0.3) is 0 Å². The lowest BCUT2D eigenvalue weighted by Gasteiger charge is -2.25. The summed E-state index contributed by atoms with van der Waals surface area (Å²) in [4.78, 5) is 0. The highest BCUT2D eigenvalue weighted by Gasteiger charge is 2.18. The number of benzene rings is 1. The van der Waals surface area contributed by atoms with Crippen molar-refractivity contribution in [2.75, 3.05) is 26.3 Å². The van der Waals surface area contributed by atoms with Crippen LogP contribution in [-0.2, 0) is 0 Å². The summed E-state index contributed by atoms with van der Waals surface area (Å²) in [5.74, 6) is 1.73. The average molecular weight is 251 g/mol. The van der Waals surface area contributed by atoms with E-state index in [0.717, 1.165) is 24.6 Å². The first-order valence-corrected chi connectivity index (χ1v) is 6.64. The Kier molecular flexibility index (Phi) is 5.99. The predicted octanol–water partition coefficient (Wildman–Crippen LogP) is 3.10. The molecule has 0 spiro atoms. The van der Waals surface area contributed by atoms with E-state index < -0.39 is 0 Å². The van der Waals surface area contributed by atoms with Gasteiger partial charge in [0.1, 0.15) is 11.5 Å². The molecule has 0 saturated carbocycles. The van der Waals surface area contributed by atoms with Gasteiger partial charge in [-0.05, 0) is 25.6 Å². The Morgan fingerprint density at radius 1 is 1.11 bits per heavy atom. The van der Waals surface area contributed by atoms with Crippen molar-refractivity contribution in [1.29, 1.82) is 0 Å². The second kappa shape index (κ2) is 7.27. The maximum absolute atomic E-state index is 5.83. The van der Waals surface area contributed by atoms with Gasteiger partial charge in [0, 0.05) is 18.0 Å². The van der Waals surface area contributed by atoms with E-state index in [0.29, 0.717) is 13.2 Å². The third-order valence-corrected chi connectivity index (χ3v) is 2.60. The first kappa shape index (κ1) is 14.8. The summed E-state index contributed by atoms with van der Waals surface area (Å²) < 4.78 is 11.3. The zero-order valence-electron chi connectivity index (χ0n) is 12.0. The highest BCUT2D eigenvalue weighted by atomic mass is 16.5. The lowest BCUT2D eigenvalue weighted by atomic mass is 9.95. The topological polar surface area (TPSA) is 30.5 Å². The van der Waals surface area contributed by atoms with E-state index in [1.165, 1.54) is 0 Å². The molecule has 0 unspecified atom stereocenters. The molecular formula is C15H25NO2. The van der Waals surface area contributed by atoms with E-state index in [2.05, 4.69) is 26.1 Å². The minimum atomic E-state index is 0.123. The molecule has 1 aromatic carbocycles. The molecule has 0 aliphatic rings. The molecule has 0 aromatic heterocycles. The van der Waals surface area contributed by atoms with Gasteiger partial charge in [-0.25, -0.2) is 0 Å². The maximum Gasteiger partial charge on any atom is 0.123 e. The van der Waals surface area contributed by atoms with E-state index in [-0.39, 0.29) is 5.41 Å². The first-order valence-electron chi connectivity index (χ1n) is 6.64. The summed E-state index contributed by atoms with van der Waals surface area (Å²) in [6, 6.07) is 7.80. The van der Waals surface area contributed by atoms with Crippen molar-refractivity contribution in [3.8, 4) is 11.5 Å². The summed E-state index contributed by atoms with van der Waals surface area (Å²) in [5, 5.41) is 3.35. The zero-order valence-corrected chi connectivity index (χ0v) is 12.0. The van der Waals surface area contributed by atoms with Crippen molar-refractivity contribution in [3.63, 3.8) is 0 Å². The fourth-order valence-electron chi connectivity index (χ4n) is 1.61. The Bertz CT molecular complexity index is 350. The minimum absolute atomic E-state index is 0.123. The summed E-state index contributed by atoms with van der Waals surface area (Å²) in [7, 11) is 0. The quantitative estimate of drug-likeness (QED) is 0.770. The summed E-state index contributed by atoms with van der Waals surface area (Å²) in [6.45, 7) is 11.8. The molecule has 0 amide bonds. The normalized spacial score (nSPS) is 11.3. The van der Waals surface area contributed by atoms with E-state index in [4.69, 9.17) is 9.47 Å². The van der Waals surface area contributed by atoms with Crippen molar-refractivity contribution < 1.29 is 9.47 Å². The Morgan fingerprint density at radius 2 is 1.78 bits per heavy atom. The van der Waals surface area contributed by atoms with Crippen LogP contribution >= 0.6 is 0 Å². The van der Waals surface area contributed by atoms with Crippen LogP contribution in [0.15, 0.2) is 24.3 Å². The number of hydrogen-bond donors (Lipinski definition) is 1. The van der Waals surface area contributed by atoms with Crippen LogP contribution in [0.5, 0.6) is 11.5 Å². The molecule has 0 radical (unpaired) electrons. The van der Waals surface area contributed by atoms with Gasteiger partial charge in [-0.15, -0.1) is 0 Å². The molecule has 3 nitrogen and oxygen atoms in total. The van der Waals surface area contributed by atoms with Gasteiger partial charge in [-0.2, -0.15) is 0 Å². The van der Waals surface area contributed by atoms with Crippen molar-refractivity contribution in [2.24, 2.45) is 5.41 Å². The molecular weight excluding hydrogens is 226 g/mol. The maximum atomic E-state index is 5.83. The highest BCUT2D eigenvalue weighted by Crippen LogP contribution is 2.22. The largest absolute Gasteiger partial charge is 0.494 e. The van der Waals surface area contributed by atoms with E-state index in [9.17, 15) is 0 Å². The fourth-order valence-corrected chi connectivity index (χ4v) is 1.61. The van der Waals surface area contributed by atoms with E-state index in [1.54, 1.807) is 0 Å². The van der Waals surface area contributed by atoms with Crippen molar-refractivity contribution in [3.05, 3.63) is 24.3 Å². The Morgan fingerprint density at radius 3 is 2.39 bits per heavy atom. The molecule has 0 atom stereocenters. The average Bonchev–Trinajstić information content (AvgIpc) is 2.35. The molecule has 1 rings (SSSR count). The molecule has 102 valence electrons. The fraction of sp³-hybridized carbons (Fsp3) is 0.600. The van der Waals surface area contributed by atoms with Crippen LogP contribution in [0.1, 0.15) is 27.7 Å². The van der Waals surface area contributed by atoms with Gasteiger partial charge in [0.25, 0.3) is 0 Å². The number of nitrogens with one attached hydrogen (secondary N) is 1. The van der Waals surface area contributed by atoms with Crippen LogP contribution < -0.4 is 14.8 Å². The van der Waals surface area contributed by atoms with Gasteiger partial charge in [0.05, 0.1) is 13.2 Å². The predicted molar refractivity (Wildman–Crippen MR) is 75.4 cm³/mol. The molecule has 0 aliphatic heterocycles. The van der Waals surface area contributed by atoms with Crippen molar-refractivity contribution >= 4 is 0 Å². The molecule has 3 heteroatoms. The van der Waals surface area contributed by atoms with E-state index in [1.807, 2.05) is 31.2 Å². The van der Waals surface area contributed by atoms with Crippen LogP contribution in [-0.4, -0.2) is 26.3 Å². The lowest BCUT2D eigenvalue weighted by molar-refractivity contribution is 0.176. The SMILES string of the molecule is CCNCC(C)(C)COc1cccc(OCC)c1. The zero-order chi connectivity index (χ0) is 13.4. The third kappa shape index (κ3) is 5.41. The van der Waals surface area contributed by atoms with Gasteiger partial charge < -0.3 is 14.8 Å². The lowest BCUT2D eigenvalue weighted by Crippen LogP contribution is -2.34. The third-order valence-electron chi connectivity index (χ3n) is 2.60. The van der Waals surface area contributed by atoms with E-state index >= 15 is 0 Å².